The molecule has 1 amide bonds. The molecular formula is C22H20F2N2O3. The zero-order valence-corrected chi connectivity index (χ0v) is 15.7. The summed E-state index contributed by atoms with van der Waals surface area (Å²) in [6.45, 7) is -1.21. The van der Waals surface area contributed by atoms with Crippen LogP contribution in [0.4, 0.5) is 8.78 Å². The van der Waals surface area contributed by atoms with Crippen LogP contribution in [0.25, 0.3) is 10.8 Å². The lowest BCUT2D eigenvalue weighted by atomic mass is 10.0. The van der Waals surface area contributed by atoms with Crippen LogP contribution in [0.2, 0.25) is 0 Å². The first-order chi connectivity index (χ1) is 14.0. The van der Waals surface area contributed by atoms with Crippen LogP contribution in [0.1, 0.15) is 24.1 Å². The van der Waals surface area contributed by atoms with Crippen molar-refractivity contribution in [1.29, 1.82) is 0 Å². The fraction of sp³-hybridized carbons (Fsp3) is 0.182. The minimum atomic E-state index is -2.87. The molecule has 7 heteroatoms. The van der Waals surface area contributed by atoms with Gasteiger partial charge in [-0.2, -0.15) is 8.78 Å². The van der Waals surface area contributed by atoms with Crippen molar-refractivity contribution in [3.05, 3.63) is 77.9 Å². The number of fused-ring (bicyclic) bond motifs is 1. The minimum absolute atomic E-state index is 0.0557. The molecule has 0 radical (unpaired) electrons. The Kier molecular flexibility index (Phi) is 6.73. The number of alkyl halides is 2. The van der Waals surface area contributed by atoms with Crippen molar-refractivity contribution < 1.29 is 23.1 Å². The molecular weight excluding hydrogens is 378 g/mol. The van der Waals surface area contributed by atoms with Crippen LogP contribution in [-0.2, 0) is 9.63 Å². The number of rotatable bonds is 8. The summed E-state index contributed by atoms with van der Waals surface area (Å²) in [5, 5.41) is 8.83. The van der Waals surface area contributed by atoms with Gasteiger partial charge in [-0.3, -0.25) is 4.79 Å². The van der Waals surface area contributed by atoms with Gasteiger partial charge in [0.25, 0.3) is 5.91 Å². The van der Waals surface area contributed by atoms with E-state index in [9.17, 15) is 13.6 Å². The number of nitrogens with zero attached hydrogens (tertiary/aromatic N) is 1. The van der Waals surface area contributed by atoms with Crippen molar-refractivity contribution in [1.82, 2.24) is 5.32 Å². The number of hydrogen-bond donors (Lipinski definition) is 1. The highest BCUT2D eigenvalue weighted by atomic mass is 19.3. The normalized spacial score (nSPS) is 12.3. The zero-order chi connectivity index (χ0) is 20.6. The number of hydrogen-bond acceptors (Lipinski definition) is 4. The fourth-order valence-electron chi connectivity index (χ4n) is 2.77. The van der Waals surface area contributed by atoms with E-state index in [0.717, 1.165) is 16.3 Å². The number of oxime groups is 1. The quantitative estimate of drug-likeness (QED) is 0.443. The van der Waals surface area contributed by atoms with Crippen LogP contribution in [-0.4, -0.2) is 25.3 Å². The monoisotopic (exact) mass is 398 g/mol. The maximum Gasteiger partial charge on any atom is 0.387 e. The van der Waals surface area contributed by atoms with Gasteiger partial charge in [0.2, 0.25) is 0 Å². The van der Waals surface area contributed by atoms with Crippen molar-refractivity contribution in [3.8, 4) is 5.75 Å². The Morgan fingerprint density at radius 1 is 1.07 bits per heavy atom. The van der Waals surface area contributed by atoms with Crippen LogP contribution in [0.3, 0.4) is 0 Å². The summed E-state index contributed by atoms with van der Waals surface area (Å²) in [4.78, 5) is 17.1. The van der Waals surface area contributed by atoms with Crippen LogP contribution in [0, 0.1) is 0 Å². The van der Waals surface area contributed by atoms with Crippen LogP contribution in [0.15, 0.2) is 71.9 Å². The molecule has 0 heterocycles. The lowest BCUT2D eigenvalue weighted by molar-refractivity contribution is -0.126. The minimum Gasteiger partial charge on any atom is -0.435 e. The molecule has 0 saturated carbocycles. The van der Waals surface area contributed by atoms with Gasteiger partial charge >= 0.3 is 6.61 Å². The van der Waals surface area contributed by atoms with Gasteiger partial charge in [0.05, 0.1) is 12.3 Å². The summed E-state index contributed by atoms with van der Waals surface area (Å²) < 4.78 is 28.5. The SMILES string of the molecule is CC(NC(=O)CO/N=C/c1ccc(OC(F)F)cc1)c1ccc2ccccc2c1. The second-order valence-corrected chi connectivity index (χ2v) is 6.35. The topological polar surface area (TPSA) is 59.9 Å². The second kappa shape index (κ2) is 9.64. The Morgan fingerprint density at radius 2 is 1.79 bits per heavy atom. The highest BCUT2D eigenvalue weighted by molar-refractivity contribution is 5.83. The molecule has 3 aromatic carbocycles. The van der Waals surface area contributed by atoms with E-state index < -0.39 is 6.61 Å². The van der Waals surface area contributed by atoms with Gasteiger partial charge in [-0.05, 0) is 59.2 Å². The van der Waals surface area contributed by atoms with E-state index in [1.807, 2.05) is 49.4 Å². The molecule has 0 aromatic heterocycles. The fourth-order valence-corrected chi connectivity index (χ4v) is 2.77. The van der Waals surface area contributed by atoms with E-state index in [1.165, 1.54) is 18.3 Å². The maximum atomic E-state index is 12.1. The molecule has 1 unspecified atom stereocenters. The van der Waals surface area contributed by atoms with Crippen molar-refractivity contribution in [2.75, 3.05) is 6.61 Å². The number of carbonyl (C=O) groups is 1. The molecule has 0 aliphatic carbocycles. The standard InChI is InChI=1S/C22H20F2N2O3/c1-15(18-9-8-17-4-2-3-5-19(17)12-18)26-21(27)14-28-25-13-16-6-10-20(11-7-16)29-22(23)24/h2-13,15,22H,14H2,1H3,(H,26,27)/b25-13+. The average molecular weight is 398 g/mol. The highest BCUT2D eigenvalue weighted by Gasteiger charge is 2.10. The number of ether oxygens (including phenoxy) is 1. The van der Waals surface area contributed by atoms with Gasteiger partial charge in [-0.25, -0.2) is 0 Å². The third-order valence-corrected chi connectivity index (χ3v) is 4.23. The highest BCUT2D eigenvalue weighted by Crippen LogP contribution is 2.20. The molecule has 3 aromatic rings. The van der Waals surface area contributed by atoms with E-state index in [0.29, 0.717) is 5.56 Å². The van der Waals surface area contributed by atoms with Crippen LogP contribution >= 0.6 is 0 Å². The molecule has 0 saturated heterocycles. The summed E-state index contributed by atoms with van der Waals surface area (Å²) >= 11 is 0. The zero-order valence-electron chi connectivity index (χ0n) is 15.7. The predicted molar refractivity (Wildman–Crippen MR) is 107 cm³/mol. The van der Waals surface area contributed by atoms with Gasteiger partial charge in [0.15, 0.2) is 6.61 Å². The van der Waals surface area contributed by atoms with Crippen LogP contribution in [0.5, 0.6) is 5.75 Å². The molecule has 0 fully saturated rings. The summed E-state index contributed by atoms with van der Waals surface area (Å²) in [6, 6.07) is 19.8. The van der Waals surface area contributed by atoms with Gasteiger partial charge in [0.1, 0.15) is 5.75 Å². The van der Waals surface area contributed by atoms with E-state index in [1.54, 1.807) is 12.1 Å². The van der Waals surface area contributed by atoms with E-state index in [-0.39, 0.29) is 24.3 Å². The smallest absolute Gasteiger partial charge is 0.387 e. The Morgan fingerprint density at radius 3 is 2.52 bits per heavy atom. The maximum absolute atomic E-state index is 12.1. The lowest BCUT2D eigenvalue weighted by Gasteiger charge is -2.14. The molecule has 29 heavy (non-hydrogen) atoms. The Bertz CT molecular complexity index is 991. The Labute approximate surface area is 166 Å². The number of carbonyl (C=O) groups excluding carboxylic acids is 1. The van der Waals surface area contributed by atoms with E-state index in [4.69, 9.17) is 4.84 Å². The molecule has 150 valence electrons. The molecule has 0 aliphatic rings. The molecule has 1 atom stereocenters. The second-order valence-electron chi connectivity index (χ2n) is 6.35. The first-order valence-electron chi connectivity index (χ1n) is 8.99. The van der Waals surface area contributed by atoms with E-state index >= 15 is 0 Å². The average Bonchev–Trinajstić information content (AvgIpc) is 2.71. The first-order valence-corrected chi connectivity index (χ1v) is 8.99. The van der Waals surface area contributed by atoms with Crippen molar-refractivity contribution in [3.63, 3.8) is 0 Å². The number of halogens is 2. The van der Waals surface area contributed by atoms with Crippen molar-refractivity contribution in [2.45, 2.75) is 19.6 Å². The molecule has 5 nitrogen and oxygen atoms in total. The number of benzene rings is 3. The van der Waals surface area contributed by atoms with Crippen molar-refractivity contribution >= 4 is 22.9 Å². The van der Waals surface area contributed by atoms with Gasteiger partial charge in [-0.1, -0.05) is 41.6 Å². The first kappa shape index (κ1) is 20.3. The summed E-state index contributed by atoms with van der Waals surface area (Å²) in [5.41, 5.74) is 1.61. The Balaban J connectivity index is 1.47. The molecule has 1 N–H and O–H groups in total. The van der Waals surface area contributed by atoms with Gasteiger partial charge in [0, 0.05) is 0 Å². The Hall–Kier alpha value is -3.48. The molecule has 3 rings (SSSR count). The van der Waals surface area contributed by atoms with Crippen LogP contribution < -0.4 is 10.1 Å². The summed E-state index contributed by atoms with van der Waals surface area (Å²) in [5.74, 6) is -0.247. The van der Waals surface area contributed by atoms with Gasteiger partial charge < -0.3 is 14.9 Å². The third kappa shape index (κ3) is 6.00. The lowest BCUT2D eigenvalue weighted by Crippen LogP contribution is -2.29. The largest absolute Gasteiger partial charge is 0.435 e. The molecule has 0 bridgehead atoms. The third-order valence-electron chi connectivity index (χ3n) is 4.23. The summed E-state index contributed by atoms with van der Waals surface area (Å²) in [6.07, 6.45) is 1.38. The van der Waals surface area contributed by atoms with E-state index in [2.05, 4.69) is 15.2 Å². The molecule has 0 spiro atoms. The molecule has 0 aliphatic heterocycles. The summed E-state index contributed by atoms with van der Waals surface area (Å²) in [7, 11) is 0. The number of amides is 1. The van der Waals surface area contributed by atoms with Crippen molar-refractivity contribution in [2.24, 2.45) is 5.16 Å². The van der Waals surface area contributed by atoms with Gasteiger partial charge in [-0.15, -0.1) is 0 Å². The predicted octanol–water partition coefficient (Wildman–Crippen LogP) is 4.67. The number of nitrogens with one attached hydrogen (secondary N) is 1.